The molecule has 1 aliphatic rings. The lowest BCUT2D eigenvalue weighted by Crippen LogP contribution is -1.94. The molecule has 1 heterocycles. The van der Waals surface area contributed by atoms with Crippen molar-refractivity contribution in [2.75, 3.05) is 12.1 Å². The third-order valence-electron chi connectivity index (χ3n) is 2.12. The number of rotatable bonds is 3. The number of benzene rings is 1. The molecule has 0 aliphatic carbocycles. The van der Waals surface area contributed by atoms with Gasteiger partial charge in [-0.25, -0.2) is 0 Å². The van der Waals surface area contributed by atoms with Crippen molar-refractivity contribution in [1.29, 1.82) is 0 Å². The molecule has 14 heavy (non-hydrogen) atoms. The summed E-state index contributed by atoms with van der Waals surface area (Å²) in [7, 11) is 0. The maximum absolute atomic E-state index is 3.22. The van der Waals surface area contributed by atoms with Gasteiger partial charge in [-0.15, -0.1) is 23.5 Å². The number of nitrogens with one attached hydrogen (secondary N) is 1. The standard InChI is InChI=1S/C11H13NS2/c1-13-10-4-2-3-9(5-10)6-11-7-12-8-14-11/h2-5,7,12H,6,8H2,1H3. The third-order valence-corrected chi connectivity index (χ3v) is 3.79. The molecule has 0 bridgehead atoms. The van der Waals surface area contributed by atoms with Crippen molar-refractivity contribution in [3.05, 3.63) is 40.9 Å². The Morgan fingerprint density at radius 3 is 3.14 bits per heavy atom. The average Bonchev–Trinajstić information content (AvgIpc) is 2.71. The van der Waals surface area contributed by atoms with Crippen LogP contribution in [0.4, 0.5) is 0 Å². The summed E-state index contributed by atoms with van der Waals surface area (Å²) in [4.78, 5) is 2.78. The molecule has 74 valence electrons. The van der Waals surface area contributed by atoms with E-state index >= 15 is 0 Å². The molecule has 0 saturated carbocycles. The molecule has 2 rings (SSSR count). The van der Waals surface area contributed by atoms with Gasteiger partial charge in [0.1, 0.15) is 0 Å². The first-order valence-corrected chi connectivity index (χ1v) is 6.77. The van der Waals surface area contributed by atoms with Crippen LogP contribution < -0.4 is 5.32 Å². The molecule has 0 fully saturated rings. The van der Waals surface area contributed by atoms with Crippen molar-refractivity contribution in [1.82, 2.24) is 5.32 Å². The van der Waals surface area contributed by atoms with Gasteiger partial charge >= 0.3 is 0 Å². The van der Waals surface area contributed by atoms with Crippen LogP contribution in [0.2, 0.25) is 0 Å². The van der Waals surface area contributed by atoms with E-state index in [1.807, 2.05) is 11.8 Å². The Balaban J connectivity index is 2.08. The summed E-state index contributed by atoms with van der Waals surface area (Å²) < 4.78 is 0. The third kappa shape index (κ3) is 2.49. The number of hydrogen-bond acceptors (Lipinski definition) is 3. The molecule has 0 saturated heterocycles. The summed E-state index contributed by atoms with van der Waals surface area (Å²) in [6, 6.07) is 8.75. The minimum Gasteiger partial charge on any atom is -0.381 e. The first-order chi connectivity index (χ1) is 6.88. The Morgan fingerprint density at radius 1 is 1.50 bits per heavy atom. The van der Waals surface area contributed by atoms with Gasteiger partial charge in [0.2, 0.25) is 0 Å². The van der Waals surface area contributed by atoms with E-state index in [1.165, 1.54) is 15.4 Å². The molecule has 1 aromatic carbocycles. The van der Waals surface area contributed by atoms with Crippen molar-refractivity contribution in [2.45, 2.75) is 11.3 Å². The van der Waals surface area contributed by atoms with E-state index in [0.717, 1.165) is 12.3 Å². The fraction of sp³-hybridized carbons (Fsp3) is 0.273. The molecule has 1 aromatic rings. The summed E-state index contributed by atoms with van der Waals surface area (Å²) in [6.45, 7) is 0. The van der Waals surface area contributed by atoms with Gasteiger partial charge in [0, 0.05) is 22.4 Å². The number of thioether (sulfide) groups is 2. The van der Waals surface area contributed by atoms with Gasteiger partial charge in [0.15, 0.2) is 0 Å². The van der Waals surface area contributed by atoms with E-state index < -0.39 is 0 Å². The summed E-state index contributed by atoms with van der Waals surface area (Å²) in [5.74, 6) is 1.03. The fourth-order valence-corrected chi connectivity index (χ4v) is 2.69. The lowest BCUT2D eigenvalue weighted by atomic mass is 10.1. The predicted octanol–water partition coefficient (Wildman–Crippen LogP) is 3.09. The second kappa shape index (κ2) is 4.80. The van der Waals surface area contributed by atoms with Gasteiger partial charge in [-0.05, 0) is 24.0 Å². The van der Waals surface area contributed by atoms with E-state index in [4.69, 9.17) is 0 Å². The van der Waals surface area contributed by atoms with Gasteiger partial charge in [-0.1, -0.05) is 12.1 Å². The van der Waals surface area contributed by atoms with Crippen LogP contribution in [0.1, 0.15) is 5.56 Å². The molecule has 0 aromatic heterocycles. The number of hydrogen-bond donors (Lipinski definition) is 1. The maximum atomic E-state index is 3.22. The second-order valence-corrected chi connectivity index (χ2v) is 5.11. The van der Waals surface area contributed by atoms with Crippen LogP contribution in [0.3, 0.4) is 0 Å². The molecule has 0 spiro atoms. The van der Waals surface area contributed by atoms with Crippen LogP contribution >= 0.6 is 23.5 Å². The van der Waals surface area contributed by atoms with E-state index in [-0.39, 0.29) is 0 Å². The highest BCUT2D eigenvalue weighted by Gasteiger charge is 2.05. The molecule has 1 aliphatic heterocycles. The van der Waals surface area contributed by atoms with Crippen LogP contribution in [0, 0.1) is 0 Å². The van der Waals surface area contributed by atoms with E-state index in [9.17, 15) is 0 Å². The van der Waals surface area contributed by atoms with E-state index in [0.29, 0.717) is 0 Å². The largest absolute Gasteiger partial charge is 0.381 e. The molecular weight excluding hydrogens is 210 g/mol. The Labute approximate surface area is 93.4 Å². The zero-order valence-electron chi connectivity index (χ0n) is 8.12. The second-order valence-electron chi connectivity index (χ2n) is 3.13. The van der Waals surface area contributed by atoms with Gasteiger partial charge in [0.25, 0.3) is 0 Å². The smallest absolute Gasteiger partial charge is 0.0649 e. The summed E-state index contributed by atoms with van der Waals surface area (Å²) in [5, 5.41) is 3.22. The van der Waals surface area contributed by atoms with Crippen LogP contribution in [0.25, 0.3) is 0 Å². The van der Waals surface area contributed by atoms with Crippen molar-refractivity contribution in [2.24, 2.45) is 0 Å². The maximum Gasteiger partial charge on any atom is 0.0649 e. The molecule has 3 heteroatoms. The molecule has 0 atom stereocenters. The molecule has 0 unspecified atom stereocenters. The highest BCUT2D eigenvalue weighted by atomic mass is 32.2. The summed E-state index contributed by atoms with van der Waals surface area (Å²) in [6.07, 6.45) is 5.30. The average molecular weight is 223 g/mol. The summed E-state index contributed by atoms with van der Waals surface area (Å²) >= 11 is 3.69. The first-order valence-electron chi connectivity index (χ1n) is 4.56. The van der Waals surface area contributed by atoms with Gasteiger partial charge in [0.05, 0.1) is 5.88 Å². The highest BCUT2D eigenvalue weighted by Crippen LogP contribution is 2.24. The lowest BCUT2D eigenvalue weighted by Gasteiger charge is -2.03. The van der Waals surface area contributed by atoms with Gasteiger partial charge < -0.3 is 5.32 Å². The molecule has 0 radical (unpaired) electrons. The monoisotopic (exact) mass is 223 g/mol. The Kier molecular flexibility index (Phi) is 3.43. The molecule has 1 N–H and O–H groups in total. The molecule has 0 amide bonds. The lowest BCUT2D eigenvalue weighted by molar-refractivity contribution is 1.07. The molecular formula is C11H13NS2. The summed E-state index contributed by atoms with van der Waals surface area (Å²) in [5.41, 5.74) is 1.40. The van der Waals surface area contributed by atoms with E-state index in [2.05, 4.69) is 42.0 Å². The normalized spacial score (nSPS) is 15.1. The zero-order chi connectivity index (χ0) is 9.80. The zero-order valence-corrected chi connectivity index (χ0v) is 9.75. The van der Waals surface area contributed by atoms with Crippen molar-refractivity contribution < 1.29 is 0 Å². The topological polar surface area (TPSA) is 12.0 Å². The Bertz CT molecular complexity index is 347. The van der Waals surface area contributed by atoms with E-state index in [1.54, 1.807) is 11.8 Å². The van der Waals surface area contributed by atoms with Gasteiger partial charge in [-0.3, -0.25) is 0 Å². The Hall–Kier alpha value is -0.540. The highest BCUT2D eigenvalue weighted by molar-refractivity contribution is 8.03. The van der Waals surface area contributed by atoms with Crippen molar-refractivity contribution >= 4 is 23.5 Å². The van der Waals surface area contributed by atoms with Crippen molar-refractivity contribution in [3.63, 3.8) is 0 Å². The van der Waals surface area contributed by atoms with Crippen LogP contribution in [0.15, 0.2) is 40.3 Å². The van der Waals surface area contributed by atoms with Crippen molar-refractivity contribution in [3.8, 4) is 0 Å². The minimum absolute atomic E-state index is 1.03. The number of allylic oxidation sites excluding steroid dienone is 1. The molecule has 1 nitrogen and oxygen atoms in total. The minimum atomic E-state index is 1.03. The SMILES string of the molecule is CSc1cccc(CC2=CNCS2)c1. The Morgan fingerprint density at radius 2 is 2.43 bits per heavy atom. The van der Waals surface area contributed by atoms with Crippen LogP contribution in [0.5, 0.6) is 0 Å². The van der Waals surface area contributed by atoms with Gasteiger partial charge in [-0.2, -0.15) is 0 Å². The van der Waals surface area contributed by atoms with Crippen LogP contribution in [-0.4, -0.2) is 12.1 Å². The first kappa shape index (κ1) is 9.99. The fourth-order valence-electron chi connectivity index (χ4n) is 1.42. The predicted molar refractivity (Wildman–Crippen MR) is 65.6 cm³/mol. The quantitative estimate of drug-likeness (QED) is 0.791. The van der Waals surface area contributed by atoms with Crippen LogP contribution in [-0.2, 0) is 6.42 Å².